The Bertz CT molecular complexity index is 1070. The maximum absolute atomic E-state index is 12.7. The fourth-order valence-corrected chi connectivity index (χ4v) is 3.32. The van der Waals surface area contributed by atoms with E-state index in [1.807, 2.05) is 30.3 Å². The molecule has 0 radical (unpaired) electrons. The number of hydrogen-bond donors (Lipinski definition) is 1. The highest BCUT2D eigenvalue weighted by Crippen LogP contribution is 2.35. The lowest BCUT2D eigenvalue weighted by molar-refractivity contribution is -0.134. The minimum Gasteiger partial charge on any atom is -0.454 e. The average molecular weight is 424 g/mol. The van der Waals surface area contributed by atoms with Crippen molar-refractivity contribution in [3.8, 4) is 17.2 Å². The number of halogens is 1. The van der Waals surface area contributed by atoms with Gasteiger partial charge < -0.3 is 19.5 Å². The lowest BCUT2D eigenvalue weighted by atomic mass is 10.0. The Morgan fingerprint density at radius 2 is 1.70 bits per heavy atom. The number of amides is 1. The van der Waals surface area contributed by atoms with Crippen molar-refractivity contribution in [3.05, 3.63) is 88.9 Å². The van der Waals surface area contributed by atoms with Crippen molar-refractivity contribution >= 4 is 23.5 Å². The number of carbonyl (C=O) groups is 2. The predicted molar refractivity (Wildman–Crippen MR) is 111 cm³/mol. The summed E-state index contributed by atoms with van der Waals surface area (Å²) in [5, 5.41) is 3.22. The van der Waals surface area contributed by atoms with Gasteiger partial charge in [-0.1, -0.05) is 54.1 Å². The van der Waals surface area contributed by atoms with Crippen LogP contribution in [0.1, 0.15) is 28.4 Å². The van der Waals surface area contributed by atoms with Gasteiger partial charge in [0.2, 0.25) is 6.79 Å². The van der Waals surface area contributed by atoms with Crippen LogP contribution in [0.25, 0.3) is 0 Å². The fraction of sp³-hybridized carbons (Fsp3) is 0.130. The van der Waals surface area contributed by atoms with E-state index in [4.69, 9.17) is 25.8 Å². The second-order valence-corrected chi connectivity index (χ2v) is 7.02. The van der Waals surface area contributed by atoms with Crippen LogP contribution in [0.15, 0.2) is 72.8 Å². The van der Waals surface area contributed by atoms with Gasteiger partial charge in [-0.3, -0.25) is 9.59 Å². The molecule has 0 saturated heterocycles. The molecule has 30 heavy (non-hydrogen) atoms. The van der Waals surface area contributed by atoms with Crippen LogP contribution in [0.3, 0.4) is 0 Å². The Kier molecular flexibility index (Phi) is 5.86. The summed E-state index contributed by atoms with van der Waals surface area (Å²) in [5.41, 5.74) is 1.12. The Morgan fingerprint density at radius 3 is 2.50 bits per heavy atom. The highest BCUT2D eigenvalue weighted by atomic mass is 35.5. The highest BCUT2D eigenvalue weighted by molar-refractivity contribution is 6.33. The third-order valence-corrected chi connectivity index (χ3v) is 4.90. The third kappa shape index (κ3) is 4.55. The molecule has 152 valence electrons. The van der Waals surface area contributed by atoms with E-state index >= 15 is 0 Å². The minimum atomic E-state index is -0.587. The molecule has 0 bridgehead atoms. The molecule has 0 saturated carbocycles. The molecule has 1 N–H and O–H groups in total. The molecule has 0 fully saturated rings. The molecule has 6 nitrogen and oxygen atoms in total. The van der Waals surface area contributed by atoms with E-state index in [-0.39, 0.29) is 19.1 Å². The second kappa shape index (κ2) is 8.88. The quantitative estimate of drug-likeness (QED) is 0.465. The number of carbonyl (C=O) groups excluding carboxylic acids is 2. The van der Waals surface area contributed by atoms with Crippen molar-refractivity contribution < 1.29 is 23.8 Å². The van der Waals surface area contributed by atoms with Crippen LogP contribution in [-0.2, 0) is 4.79 Å². The molecule has 0 unspecified atom stereocenters. The Hall–Kier alpha value is -3.51. The standard InChI is InChI=1S/C23H18ClNO5/c24-18-9-5-4-8-17(18)23(27)25-19(15-6-2-1-3-7-15)13-22(26)30-16-10-11-20-21(12-16)29-14-28-20/h1-12,19H,13-14H2,(H,25,27)/t19-/m1/s1. The molecule has 0 spiro atoms. The van der Waals surface area contributed by atoms with Crippen molar-refractivity contribution in [2.24, 2.45) is 0 Å². The largest absolute Gasteiger partial charge is 0.454 e. The van der Waals surface area contributed by atoms with Gasteiger partial charge in [0, 0.05) is 6.07 Å². The first kappa shape index (κ1) is 19.8. The minimum absolute atomic E-state index is 0.0609. The molecule has 0 aromatic heterocycles. The predicted octanol–water partition coefficient (Wildman–Crippen LogP) is 4.54. The Morgan fingerprint density at radius 1 is 0.967 bits per heavy atom. The molecule has 1 amide bonds. The van der Waals surface area contributed by atoms with Crippen LogP contribution < -0.4 is 19.5 Å². The van der Waals surface area contributed by atoms with Crippen molar-refractivity contribution in [1.82, 2.24) is 5.32 Å². The molecule has 3 aromatic carbocycles. The molecule has 1 atom stereocenters. The van der Waals surface area contributed by atoms with Crippen molar-refractivity contribution in [2.45, 2.75) is 12.5 Å². The molecule has 4 rings (SSSR count). The SMILES string of the molecule is O=C(C[C@@H](NC(=O)c1ccccc1Cl)c1ccccc1)Oc1ccc2c(c1)OCO2. The Labute approximate surface area is 178 Å². The molecular formula is C23H18ClNO5. The summed E-state index contributed by atoms with van der Waals surface area (Å²) in [6.07, 6.45) is -0.0609. The van der Waals surface area contributed by atoms with Crippen LogP contribution in [0.5, 0.6) is 17.2 Å². The van der Waals surface area contributed by atoms with Crippen LogP contribution >= 0.6 is 11.6 Å². The van der Waals surface area contributed by atoms with Gasteiger partial charge in [0.15, 0.2) is 11.5 Å². The maximum Gasteiger partial charge on any atom is 0.313 e. The lowest BCUT2D eigenvalue weighted by Crippen LogP contribution is -2.31. The highest BCUT2D eigenvalue weighted by Gasteiger charge is 2.22. The molecule has 3 aromatic rings. The first-order chi connectivity index (χ1) is 14.6. The summed E-state index contributed by atoms with van der Waals surface area (Å²) in [6, 6.07) is 20.3. The zero-order valence-corrected chi connectivity index (χ0v) is 16.6. The van der Waals surface area contributed by atoms with Gasteiger partial charge in [-0.15, -0.1) is 0 Å². The molecule has 1 aliphatic heterocycles. The van der Waals surface area contributed by atoms with Crippen molar-refractivity contribution in [2.75, 3.05) is 6.79 Å². The maximum atomic E-state index is 12.7. The van der Waals surface area contributed by atoms with Gasteiger partial charge in [0.1, 0.15) is 5.75 Å². The smallest absolute Gasteiger partial charge is 0.313 e. The van der Waals surface area contributed by atoms with Crippen molar-refractivity contribution in [3.63, 3.8) is 0 Å². The number of hydrogen-bond acceptors (Lipinski definition) is 5. The van der Waals surface area contributed by atoms with E-state index in [1.54, 1.807) is 42.5 Å². The first-order valence-electron chi connectivity index (χ1n) is 9.31. The summed E-state index contributed by atoms with van der Waals surface area (Å²) in [4.78, 5) is 25.3. The molecular weight excluding hydrogens is 406 g/mol. The van der Waals surface area contributed by atoms with Gasteiger partial charge in [-0.25, -0.2) is 0 Å². The number of nitrogens with one attached hydrogen (secondary N) is 1. The first-order valence-corrected chi connectivity index (χ1v) is 9.68. The van der Waals surface area contributed by atoms with E-state index < -0.39 is 12.0 Å². The molecule has 0 aliphatic carbocycles. The van der Waals surface area contributed by atoms with E-state index in [0.717, 1.165) is 5.56 Å². The van der Waals surface area contributed by atoms with Gasteiger partial charge in [0.25, 0.3) is 5.91 Å². The topological polar surface area (TPSA) is 73.9 Å². The van der Waals surface area contributed by atoms with Crippen LogP contribution in [0, 0.1) is 0 Å². The van der Waals surface area contributed by atoms with Gasteiger partial charge in [-0.05, 0) is 29.8 Å². The summed E-state index contributed by atoms with van der Waals surface area (Å²) in [5.74, 6) is 0.594. The summed E-state index contributed by atoms with van der Waals surface area (Å²) in [7, 11) is 0. The zero-order valence-electron chi connectivity index (χ0n) is 15.8. The average Bonchev–Trinajstić information content (AvgIpc) is 3.22. The van der Waals surface area contributed by atoms with Gasteiger partial charge >= 0.3 is 5.97 Å². The van der Waals surface area contributed by atoms with Crippen LogP contribution in [0.4, 0.5) is 0 Å². The summed E-state index contributed by atoms with van der Waals surface area (Å²) < 4.78 is 16.0. The number of fused-ring (bicyclic) bond motifs is 1. The number of rotatable bonds is 6. The van der Waals surface area contributed by atoms with E-state index in [1.165, 1.54) is 0 Å². The molecule has 7 heteroatoms. The summed E-state index contributed by atoms with van der Waals surface area (Å²) in [6.45, 7) is 0.136. The molecule has 1 aliphatic rings. The van der Waals surface area contributed by atoms with Crippen LogP contribution in [0.2, 0.25) is 5.02 Å². The lowest BCUT2D eigenvalue weighted by Gasteiger charge is -2.19. The second-order valence-electron chi connectivity index (χ2n) is 6.61. The molecule has 1 heterocycles. The zero-order chi connectivity index (χ0) is 20.9. The van der Waals surface area contributed by atoms with Gasteiger partial charge in [-0.2, -0.15) is 0 Å². The fourth-order valence-electron chi connectivity index (χ4n) is 3.10. The van der Waals surface area contributed by atoms with E-state index in [0.29, 0.717) is 27.8 Å². The Balaban J connectivity index is 1.49. The monoisotopic (exact) mass is 423 g/mol. The van der Waals surface area contributed by atoms with Crippen molar-refractivity contribution in [1.29, 1.82) is 0 Å². The summed E-state index contributed by atoms with van der Waals surface area (Å²) >= 11 is 6.13. The van der Waals surface area contributed by atoms with Crippen LogP contribution in [-0.4, -0.2) is 18.7 Å². The van der Waals surface area contributed by atoms with E-state index in [9.17, 15) is 9.59 Å². The van der Waals surface area contributed by atoms with E-state index in [2.05, 4.69) is 5.32 Å². The third-order valence-electron chi connectivity index (χ3n) is 4.57. The normalized spacial score (nSPS) is 12.8. The number of ether oxygens (including phenoxy) is 3. The number of benzene rings is 3. The number of esters is 1. The van der Waals surface area contributed by atoms with Gasteiger partial charge in [0.05, 0.1) is 23.0 Å².